The summed E-state index contributed by atoms with van der Waals surface area (Å²) in [5.41, 5.74) is 3.89. The Bertz CT molecular complexity index is 732. The van der Waals surface area contributed by atoms with E-state index >= 15 is 0 Å². The number of halogens is 1. The van der Waals surface area contributed by atoms with Crippen LogP contribution in [0.2, 0.25) is 5.02 Å². The number of imidazole rings is 1. The molecule has 0 aliphatic rings. The van der Waals surface area contributed by atoms with Crippen molar-refractivity contribution in [2.75, 3.05) is 7.11 Å². The van der Waals surface area contributed by atoms with Crippen molar-refractivity contribution in [3.63, 3.8) is 0 Å². The first-order valence-electron chi connectivity index (χ1n) is 5.97. The third-order valence-electron chi connectivity index (χ3n) is 3.06. The molecule has 0 aliphatic heterocycles. The number of ether oxygens (including phenoxy) is 1. The predicted molar refractivity (Wildman–Crippen MR) is 76.9 cm³/mol. The van der Waals surface area contributed by atoms with E-state index in [9.17, 15) is 0 Å². The zero-order chi connectivity index (χ0) is 13.4. The maximum absolute atomic E-state index is 6.02. The monoisotopic (exact) mass is 272 g/mol. The number of benzene rings is 1. The SMILES string of the molecule is COc1c(-c2ccc(C)cc2)nc2ccc(Cl)cn12. The quantitative estimate of drug-likeness (QED) is 0.706. The second-order valence-corrected chi connectivity index (χ2v) is 4.85. The summed E-state index contributed by atoms with van der Waals surface area (Å²) in [6.45, 7) is 2.06. The fourth-order valence-corrected chi connectivity index (χ4v) is 2.25. The smallest absolute Gasteiger partial charge is 0.226 e. The topological polar surface area (TPSA) is 26.5 Å². The molecule has 0 spiro atoms. The van der Waals surface area contributed by atoms with E-state index in [1.54, 1.807) is 13.3 Å². The van der Waals surface area contributed by atoms with Crippen LogP contribution in [0.3, 0.4) is 0 Å². The minimum atomic E-state index is 0.652. The van der Waals surface area contributed by atoms with Crippen molar-refractivity contribution in [2.45, 2.75) is 6.92 Å². The van der Waals surface area contributed by atoms with Crippen LogP contribution < -0.4 is 4.74 Å². The van der Waals surface area contributed by atoms with Crippen molar-refractivity contribution < 1.29 is 4.74 Å². The van der Waals surface area contributed by atoms with Crippen molar-refractivity contribution >= 4 is 17.2 Å². The number of hydrogen-bond donors (Lipinski definition) is 0. The zero-order valence-corrected chi connectivity index (χ0v) is 11.5. The van der Waals surface area contributed by atoms with Crippen molar-refractivity contribution in [2.24, 2.45) is 0 Å². The molecular weight excluding hydrogens is 260 g/mol. The number of pyridine rings is 1. The molecular formula is C15H13ClN2O. The van der Waals surface area contributed by atoms with Crippen molar-refractivity contribution in [3.8, 4) is 17.1 Å². The van der Waals surface area contributed by atoms with E-state index in [-0.39, 0.29) is 0 Å². The van der Waals surface area contributed by atoms with Crippen molar-refractivity contribution in [3.05, 3.63) is 53.2 Å². The molecule has 3 nitrogen and oxygen atoms in total. The van der Waals surface area contributed by atoms with Gasteiger partial charge in [-0.05, 0) is 19.1 Å². The van der Waals surface area contributed by atoms with Gasteiger partial charge in [0.1, 0.15) is 11.3 Å². The fourth-order valence-electron chi connectivity index (χ4n) is 2.09. The normalized spacial score (nSPS) is 10.9. The highest BCUT2D eigenvalue weighted by Gasteiger charge is 2.14. The first kappa shape index (κ1) is 12.1. The van der Waals surface area contributed by atoms with Crippen LogP contribution in [0.4, 0.5) is 0 Å². The van der Waals surface area contributed by atoms with Gasteiger partial charge < -0.3 is 4.74 Å². The Morgan fingerprint density at radius 3 is 2.53 bits per heavy atom. The molecule has 0 amide bonds. The summed E-state index contributed by atoms with van der Waals surface area (Å²) in [6, 6.07) is 11.9. The summed E-state index contributed by atoms with van der Waals surface area (Å²) in [6.07, 6.45) is 1.81. The molecule has 2 heterocycles. The molecule has 3 rings (SSSR count). The van der Waals surface area contributed by atoms with Crippen molar-refractivity contribution in [1.29, 1.82) is 0 Å². The van der Waals surface area contributed by atoms with E-state index in [0.717, 1.165) is 16.9 Å². The van der Waals surface area contributed by atoms with Crippen LogP contribution in [0.15, 0.2) is 42.6 Å². The average Bonchev–Trinajstić information content (AvgIpc) is 2.77. The molecule has 3 aromatic rings. The summed E-state index contributed by atoms with van der Waals surface area (Å²) in [4.78, 5) is 4.60. The van der Waals surface area contributed by atoms with E-state index < -0.39 is 0 Å². The van der Waals surface area contributed by atoms with E-state index in [2.05, 4.69) is 24.0 Å². The summed E-state index contributed by atoms with van der Waals surface area (Å²) in [5.74, 6) is 0.696. The minimum Gasteiger partial charge on any atom is -0.480 e. The number of fused-ring (bicyclic) bond motifs is 1. The predicted octanol–water partition coefficient (Wildman–Crippen LogP) is 3.97. The van der Waals surface area contributed by atoms with Crippen LogP contribution in [0.25, 0.3) is 16.9 Å². The largest absolute Gasteiger partial charge is 0.480 e. The molecule has 0 radical (unpaired) electrons. The van der Waals surface area contributed by atoms with Gasteiger partial charge in [-0.25, -0.2) is 4.98 Å². The van der Waals surface area contributed by atoms with Crippen LogP contribution in [-0.2, 0) is 0 Å². The van der Waals surface area contributed by atoms with Crippen molar-refractivity contribution in [1.82, 2.24) is 9.38 Å². The zero-order valence-electron chi connectivity index (χ0n) is 10.7. The van der Waals surface area contributed by atoms with E-state index in [1.807, 2.05) is 28.7 Å². The number of hydrogen-bond acceptors (Lipinski definition) is 2. The second kappa shape index (κ2) is 4.59. The Morgan fingerprint density at radius 1 is 1.11 bits per heavy atom. The van der Waals surface area contributed by atoms with Crippen LogP contribution in [0.5, 0.6) is 5.88 Å². The minimum absolute atomic E-state index is 0.652. The van der Waals surface area contributed by atoms with Gasteiger partial charge in [-0.15, -0.1) is 0 Å². The highest BCUT2D eigenvalue weighted by atomic mass is 35.5. The lowest BCUT2D eigenvalue weighted by molar-refractivity contribution is 0.396. The van der Waals surface area contributed by atoms with Crippen LogP contribution >= 0.6 is 11.6 Å². The molecule has 96 valence electrons. The van der Waals surface area contributed by atoms with Gasteiger partial charge in [-0.2, -0.15) is 0 Å². The highest BCUT2D eigenvalue weighted by molar-refractivity contribution is 6.30. The summed E-state index contributed by atoms with van der Waals surface area (Å²) < 4.78 is 7.34. The molecule has 0 fully saturated rings. The summed E-state index contributed by atoms with van der Waals surface area (Å²) in [7, 11) is 1.64. The molecule has 0 saturated carbocycles. The lowest BCUT2D eigenvalue weighted by Crippen LogP contribution is -1.91. The molecule has 19 heavy (non-hydrogen) atoms. The van der Waals surface area contributed by atoms with Gasteiger partial charge in [-0.3, -0.25) is 4.40 Å². The molecule has 0 unspecified atom stereocenters. The van der Waals surface area contributed by atoms with E-state index in [1.165, 1.54) is 5.56 Å². The Balaban J connectivity index is 2.25. The van der Waals surface area contributed by atoms with Gasteiger partial charge in [0.15, 0.2) is 0 Å². The molecule has 1 aromatic carbocycles. The third-order valence-corrected chi connectivity index (χ3v) is 3.28. The van der Waals surface area contributed by atoms with E-state index in [0.29, 0.717) is 10.9 Å². The fraction of sp³-hybridized carbons (Fsp3) is 0.133. The Morgan fingerprint density at radius 2 is 1.84 bits per heavy atom. The summed E-state index contributed by atoms with van der Waals surface area (Å²) in [5, 5.41) is 0.652. The van der Waals surface area contributed by atoms with Crippen LogP contribution in [-0.4, -0.2) is 16.5 Å². The van der Waals surface area contributed by atoms with Gasteiger partial charge in [0, 0.05) is 11.8 Å². The van der Waals surface area contributed by atoms with Gasteiger partial charge >= 0.3 is 0 Å². The van der Waals surface area contributed by atoms with Crippen LogP contribution in [0, 0.1) is 6.92 Å². The first-order chi connectivity index (χ1) is 9.19. The maximum Gasteiger partial charge on any atom is 0.226 e. The lowest BCUT2D eigenvalue weighted by atomic mass is 10.1. The Kier molecular flexibility index (Phi) is 2.91. The number of aromatic nitrogens is 2. The molecule has 0 atom stereocenters. The molecule has 0 N–H and O–H groups in total. The van der Waals surface area contributed by atoms with Gasteiger partial charge in [-0.1, -0.05) is 41.4 Å². The first-order valence-corrected chi connectivity index (χ1v) is 6.35. The molecule has 0 bridgehead atoms. The summed E-state index contributed by atoms with van der Waals surface area (Å²) >= 11 is 6.02. The number of aryl methyl sites for hydroxylation is 1. The lowest BCUT2D eigenvalue weighted by Gasteiger charge is -2.03. The second-order valence-electron chi connectivity index (χ2n) is 4.41. The maximum atomic E-state index is 6.02. The van der Waals surface area contributed by atoms with Gasteiger partial charge in [0.25, 0.3) is 0 Å². The Labute approximate surface area is 116 Å². The Hall–Kier alpha value is -2.00. The number of nitrogens with zero attached hydrogens (tertiary/aromatic N) is 2. The molecule has 0 saturated heterocycles. The third kappa shape index (κ3) is 2.06. The number of methoxy groups -OCH3 is 1. The highest BCUT2D eigenvalue weighted by Crippen LogP contribution is 2.31. The number of rotatable bonds is 2. The van der Waals surface area contributed by atoms with Crippen LogP contribution in [0.1, 0.15) is 5.56 Å². The van der Waals surface area contributed by atoms with Gasteiger partial charge in [0.05, 0.1) is 12.1 Å². The van der Waals surface area contributed by atoms with E-state index in [4.69, 9.17) is 16.3 Å². The molecule has 0 aliphatic carbocycles. The average molecular weight is 273 g/mol. The molecule has 4 heteroatoms. The standard InChI is InChI=1S/C15H13ClN2O/c1-10-3-5-11(6-4-10)14-15(19-2)18-9-12(16)7-8-13(18)17-14/h3-9H,1-2H3. The van der Waals surface area contributed by atoms with Gasteiger partial charge in [0.2, 0.25) is 5.88 Å². The molecule has 2 aromatic heterocycles.